The summed E-state index contributed by atoms with van der Waals surface area (Å²) in [5.74, 6) is 0. The fraction of sp³-hybridized carbons (Fsp3) is 0.389. The minimum atomic E-state index is -0.192. The van der Waals surface area contributed by atoms with E-state index in [1.54, 1.807) is 6.20 Å². The molecule has 1 heterocycles. The van der Waals surface area contributed by atoms with Crippen LogP contribution in [-0.2, 0) is 12.8 Å². The van der Waals surface area contributed by atoms with Crippen molar-refractivity contribution in [3.05, 3.63) is 62.3 Å². The molecule has 1 aliphatic carbocycles. The lowest BCUT2D eigenvalue weighted by Crippen LogP contribution is -2.00. The summed E-state index contributed by atoms with van der Waals surface area (Å²) in [7, 11) is 0. The number of nitrogens with zero attached hydrogens (tertiary/aromatic N) is 1. The molecule has 0 saturated carbocycles. The molecule has 4 heteroatoms. The van der Waals surface area contributed by atoms with Gasteiger partial charge in [-0.25, -0.2) is 0 Å². The van der Waals surface area contributed by atoms with Crippen molar-refractivity contribution >= 4 is 39.1 Å². The molecule has 1 aliphatic rings. The maximum Gasteiger partial charge on any atom is 0.101 e. The molecular formula is C18H22BrCl2N. The van der Waals surface area contributed by atoms with Gasteiger partial charge in [0.25, 0.3) is 0 Å². The molecule has 1 nitrogen and oxygen atoms in total. The number of hydrogen-bond acceptors (Lipinski definition) is 1. The number of alkyl halides is 1. The van der Waals surface area contributed by atoms with Gasteiger partial charge in [0, 0.05) is 15.7 Å². The van der Waals surface area contributed by atoms with Crippen molar-refractivity contribution in [2.75, 3.05) is 0 Å². The van der Waals surface area contributed by atoms with E-state index in [0.29, 0.717) is 0 Å². The topological polar surface area (TPSA) is 12.9 Å². The van der Waals surface area contributed by atoms with E-state index in [2.05, 4.69) is 27.0 Å². The second kappa shape index (κ2) is 9.54. The molecule has 22 heavy (non-hydrogen) atoms. The molecule has 0 amide bonds. The minimum absolute atomic E-state index is 0.192. The first kappa shape index (κ1) is 19.5. The zero-order valence-corrected chi connectivity index (χ0v) is 16.6. The van der Waals surface area contributed by atoms with Crippen molar-refractivity contribution in [1.82, 2.24) is 4.98 Å². The van der Waals surface area contributed by atoms with Gasteiger partial charge in [0.1, 0.15) is 5.38 Å². The molecule has 2 aromatic rings. The first-order chi connectivity index (χ1) is 10.6. The van der Waals surface area contributed by atoms with E-state index in [0.717, 1.165) is 33.6 Å². The van der Waals surface area contributed by atoms with E-state index in [9.17, 15) is 0 Å². The summed E-state index contributed by atoms with van der Waals surface area (Å²) in [6.45, 7) is 8.00. The molecule has 1 atom stereocenters. The Balaban J connectivity index is 0.000000561. The van der Waals surface area contributed by atoms with Crippen molar-refractivity contribution in [3.8, 4) is 0 Å². The third-order valence-electron chi connectivity index (χ3n) is 3.25. The van der Waals surface area contributed by atoms with Crippen LogP contribution >= 0.6 is 39.1 Å². The number of halogens is 3. The summed E-state index contributed by atoms with van der Waals surface area (Å²) in [4.78, 5) is 4.47. The van der Waals surface area contributed by atoms with Crippen LogP contribution in [0.25, 0.3) is 0 Å². The zero-order chi connectivity index (χ0) is 16.7. The normalized spacial score (nSPS) is 15.1. The lowest BCUT2D eigenvalue weighted by molar-refractivity contribution is 0.947. The number of benzene rings is 1. The van der Waals surface area contributed by atoms with Gasteiger partial charge in [-0.1, -0.05) is 45.4 Å². The van der Waals surface area contributed by atoms with E-state index < -0.39 is 0 Å². The SMILES string of the molecule is CC.CC.Clc1ccc2c(c1)CCc1cc(Br)cnc1C2Cl. The number of aryl methyl sites for hydroxylation is 2. The molecule has 1 unspecified atom stereocenters. The van der Waals surface area contributed by atoms with Crippen molar-refractivity contribution in [1.29, 1.82) is 0 Å². The molecule has 3 rings (SSSR count). The zero-order valence-electron chi connectivity index (χ0n) is 13.5. The summed E-state index contributed by atoms with van der Waals surface area (Å²) in [6, 6.07) is 8.01. The largest absolute Gasteiger partial charge is 0.258 e. The van der Waals surface area contributed by atoms with Crippen LogP contribution < -0.4 is 0 Å². The van der Waals surface area contributed by atoms with Crippen molar-refractivity contribution in [3.63, 3.8) is 0 Å². The highest BCUT2D eigenvalue weighted by Crippen LogP contribution is 2.37. The summed E-state index contributed by atoms with van der Waals surface area (Å²) in [6.07, 6.45) is 3.69. The van der Waals surface area contributed by atoms with E-state index >= 15 is 0 Å². The monoisotopic (exact) mass is 401 g/mol. The molecule has 0 bridgehead atoms. The van der Waals surface area contributed by atoms with Gasteiger partial charge >= 0.3 is 0 Å². The standard InChI is InChI=1S/C14H10BrCl2N.2C2H6/c15-10-5-9-2-1-8-6-11(16)3-4-12(8)13(17)14(9)18-7-10;2*1-2/h3-7,13H,1-2H2;2*1-2H3. The smallest absolute Gasteiger partial charge is 0.101 e. The molecule has 120 valence electrons. The third-order valence-corrected chi connectivity index (χ3v) is 4.36. The molecular weight excluding hydrogens is 381 g/mol. The van der Waals surface area contributed by atoms with Crippen molar-refractivity contribution in [2.45, 2.75) is 45.9 Å². The Morgan fingerprint density at radius 3 is 2.36 bits per heavy atom. The lowest BCUT2D eigenvalue weighted by atomic mass is 10.0. The maximum absolute atomic E-state index is 6.57. The third kappa shape index (κ3) is 4.47. The second-order valence-electron chi connectivity index (χ2n) is 4.40. The average molecular weight is 403 g/mol. The number of aromatic nitrogens is 1. The van der Waals surface area contributed by atoms with Gasteiger partial charge in [0.2, 0.25) is 0 Å². The van der Waals surface area contributed by atoms with Crippen LogP contribution in [0, 0.1) is 0 Å². The van der Waals surface area contributed by atoms with Gasteiger partial charge in [-0.3, -0.25) is 4.98 Å². The fourth-order valence-electron chi connectivity index (χ4n) is 2.37. The number of fused-ring (bicyclic) bond motifs is 2. The van der Waals surface area contributed by atoms with Crippen LogP contribution in [0.2, 0.25) is 5.02 Å². The molecule has 0 radical (unpaired) electrons. The Bertz CT molecular complexity index is 561. The predicted octanol–water partition coefficient (Wildman–Crippen LogP) is 6.98. The van der Waals surface area contributed by atoms with Crippen molar-refractivity contribution < 1.29 is 0 Å². The molecule has 0 N–H and O–H groups in total. The summed E-state index contributed by atoms with van der Waals surface area (Å²) in [5.41, 5.74) is 4.50. The Kier molecular flexibility index (Phi) is 8.45. The van der Waals surface area contributed by atoms with Gasteiger partial charge < -0.3 is 0 Å². The summed E-state index contributed by atoms with van der Waals surface area (Å²) < 4.78 is 0.995. The molecule has 0 aliphatic heterocycles. The van der Waals surface area contributed by atoms with Crippen LogP contribution in [0.3, 0.4) is 0 Å². The van der Waals surface area contributed by atoms with E-state index in [4.69, 9.17) is 23.2 Å². The maximum atomic E-state index is 6.57. The van der Waals surface area contributed by atoms with Gasteiger partial charge in [0.15, 0.2) is 0 Å². The van der Waals surface area contributed by atoms with E-state index in [1.165, 1.54) is 11.1 Å². The van der Waals surface area contributed by atoms with Gasteiger partial charge in [-0.2, -0.15) is 0 Å². The van der Waals surface area contributed by atoms with E-state index in [1.807, 2.05) is 45.9 Å². The van der Waals surface area contributed by atoms with Gasteiger partial charge in [-0.15, -0.1) is 11.6 Å². The Labute approximate surface area is 152 Å². The van der Waals surface area contributed by atoms with Gasteiger partial charge in [-0.05, 0) is 63.7 Å². The highest BCUT2D eigenvalue weighted by atomic mass is 79.9. The lowest BCUT2D eigenvalue weighted by Gasteiger charge is -2.12. The summed E-state index contributed by atoms with van der Waals surface area (Å²) in [5, 5.41) is 0.570. The van der Waals surface area contributed by atoms with Crippen LogP contribution in [0.5, 0.6) is 0 Å². The second-order valence-corrected chi connectivity index (χ2v) is 6.19. The van der Waals surface area contributed by atoms with Crippen LogP contribution in [0.15, 0.2) is 34.9 Å². The van der Waals surface area contributed by atoms with Crippen LogP contribution in [0.1, 0.15) is 55.5 Å². The molecule has 0 spiro atoms. The molecule has 0 saturated heterocycles. The highest BCUT2D eigenvalue weighted by Gasteiger charge is 2.23. The number of rotatable bonds is 0. The average Bonchev–Trinajstić information content (AvgIpc) is 2.68. The quantitative estimate of drug-likeness (QED) is 0.433. The predicted molar refractivity (Wildman–Crippen MR) is 101 cm³/mol. The van der Waals surface area contributed by atoms with Crippen LogP contribution in [-0.4, -0.2) is 4.98 Å². The first-order valence-electron chi connectivity index (χ1n) is 7.72. The molecule has 1 aromatic heterocycles. The number of hydrogen-bond donors (Lipinski definition) is 0. The number of pyridine rings is 1. The highest BCUT2D eigenvalue weighted by molar-refractivity contribution is 9.10. The minimum Gasteiger partial charge on any atom is -0.258 e. The molecule has 0 fully saturated rings. The Morgan fingerprint density at radius 2 is 1.68 bits per heavy atom. The summed E-state index contributed by atoms with van der Waals surface area (Å²) >= 11 is 16.1. The van der Waals surface area contributed by atoms with Crippen LogP contribution in [0.4, 0.5) is 0 Å². The Hall–Kier alpha value is -0.570. The Morgan fingerprint density at radius 1 is 1.05 bits per heavy atom. The van der Waals surface area contributed by atoms with Gasteiger partial charge in [0.05, 0.1) is 5.69 Å². The molecule has 1 aromatic carbocycles. The van der Waals surface area contributed by atoms with E-state index in [-0.39, 0.29) is 5.38 Å². The van der Waals surface area contributed by atoms with Crippen molar-refractivity contribution in [2.24, 2.45) is 0 Å². The fourth-order valence-corrected chi connectivity index (χ4v) is 3.36. The first-order valence-corrected chi connectivity index (χ1v) is 9.32.